The van der Waals surface area contributed by atoms with Gasteiger partial charge >= 0.3 is 25.8 Å². The Morgan fingerprint density at radius 3 is 1.35 bits per heavy atom. The fraction of sp³-hybridized carbons (Fsp3) is 0.600. The SMILES string of the molecule is CCCCC1=C(C)CC=[C-]1.CCCCC1=C(C)CC=[C-]1.[Cl-].[Cl-].[Hf+4]. The van der Waals surface area contributed by atoms with Crippen molar-refractivity contribution in [3.8, 4) is 0 Å². The van der Waals surface area contributed by atoms with Crippen LogP contribution in [0, 0.1) is 12.2 Å². The van der Waals surface area contributed by atoms with E-state index in [1.165, 1.54) is 60.8 Å². The summed E-state index contributed by atoms with van der Waals surface area (Å²) in [4.78, 5) is 0. The van der Waals surface area contributed by atoms with Gasteiger partial charge in [0.25, 0.3) is 0 Å². The van der Waals surface area contributed by atoms with E-state index >= 15 is 0 Å². The zero-order valence-corrected chi connectivity index (χ0v) is 20.2. The first-order valence-electron chi connectivity index (χ1n) is 8.22. The van der Waals surface area contributed by atoms with Gasteiger partial charge in [-0.05, 0) is 0 Å². The van der Waals surface area contributed by atoms with Crippen molar-refractivity contribution in [3.63, 3.8) is 0 Å². The summed E-state index contributed by atoms with van der Waals surface area (Å²) >= 11 is 0. The van der Waals surface area contributed by atoms with Crippen molar-refractivity contribution in [1.82, 2.24) is 0 Å². The third-order valence-corrected chi connectivity index (χ3v) is 3.96. The molecule has 2 aliphatic rings. The van der Waals surface area contributed by atoms with Crippen LogP contribution < -0.4 is 24.8 Å². The maximum Gasteiger partial charge on any atom is 4.00 e. The van der Waals surface area contributed by atoms with Gasteiger partial charge in [0.05, 0.1) is 0 Å². The van der Waals surface area contributed by atoms with Crippen LogP contribution in [-0.4, -0.2) is 0 Å². The molecule has 128 valence electrons. The summed E-state index contributed by atoms with van der Waals surface area (Å²) in [6.07, 6.45) is 20.8. The number of hydrogen-bond donors (Lipinski definition) is 0. The van der Waals surface area contributed by atoms with Gasteiger partial charge in [0.15, 0.2) is 0 Å². The van der Waals surface area contributed by atoms with Crippen LogP contribution in [0.25, 0.3) is 0 Å². The first kappa shape index (κ1) is 28.2. The average Bonchev–Trinajstić information content (AvgIpc) is 3.04. The Kier molecular flexibility index (Phi) is 21.2. The summed E-state index contributed by atoms with van der Waals surface area (Å²) in [6.45, 7) is 8.88. The molecule has 0 amide bonds. The summed E-state index contributed by atoms with van der Waals surface area (Å²) < 4.78 is 0. The smallest absolute Gasteiger partial charge is 1.00 e. The van der Waals surface area contributed by atoms with Gasteiger partial charge in [-0.15, -0.1) is 13.8 Å². The second-order valence-corrected chi connectivity index (χ2v) is 5.83. The average molecular weight is 520 g/mol. The molecular formula is C20H30Cl2Hf. The molecule has 23 heavy (non-hydrogen) atoms. The van der Waals surface area contributed by atoms with Gasteiger partial charge in [0.1, 0.15) is 0 Å². The Bertz CT molecular complexity index is 377. The molecule has 0 fully saturated rings. The van der Waals surface area contributed by atoms with Gasteiger partial charge in [-0.25, -0.2) is 22.3 Å². The molecule has 0 aromatic heterocycles. The summed E-state index contributed by atoms with van der Waals surface area (Å²) in [5, 5.41) is 0. The fourth-order valence-electron chi connectivity index (χ4n) is 2.43. The molecule has 0 aliphatic heterocycles. The number of halogens is 2. The van der Waals surface area contributed by atoms with Crippen LogP contribution in [-0.2, 0) is 25.8 Å². The first-order chi connectivity index (χ1) is 9.69. The number of unbranched alkanes of at least 4 members (excludes halogenated alkanes) is 2. The number of rotatable bonds is 6. The Morgan fingerprint density at radius 1 is 0.783 bits per heavy atom. The van der Waals surface area contributed by atoms with E-state index in [1.54, 1.807) is 0 Å². The minimum atomic E-state index is 0. The largest absolute Gasteiger partial charge is 4.00 e. The van der Waals surface area contributed by atoms with Crippen LogP contribution in [0.15, 0.2) is 34.4 Å². The Labute approximate surface area is 175 Å². The molecule has 0 spiro atoms. The maximum atomic E-state index is 3.30. The van der Waals surface area contributed by atoms with E-state index in [2.05, 4.69) is 52.0 Å². The van der Waals surface area contributed by atoms with E-state index in [0.29, 0.717) is 0 Å². The molecule has 3 heteroatoms. The van der Waals surface area contributed by atoms with E-state index in [9.17, 15) is 0 Å². The van der Waals surface area contributed by atoms with E-state index in [-0.39, 0.29) is 50.7 Å². The Balaban J connectivity index is -0.000000308. The predicted octanol–water partition coefficient (Wildman–Crippen LogP) is 0.518. The quantitative estimate of drug-likeness (QED) is 0.355. The second kappa shape index (κ2) is 17.2. The normalized spacial score (nSPS) is 14.8. The molecule has 0 nitrogen and oxygen atoms in total. The predicted molar refractivity (Wildman–Crippen MR) is 89.3 cm³/mol. The molecule has 0 saturated heterocycles. The third-order valence-electron chi connectivity index (χ3n) is 3.96. The molecule has 2 rings (SSSR count). The third kappa shape index (κ3) is 11.6. The van der Waals surface area contributed by atoms with E-state index in [4.69, 9.17) is 0 Å². The van der Waals surface area contributed by atoms with Crippen molar-refractivity contribution in [1.29, 1.82) is 0 Å². The van der Waals surface area contributed by atoms with Crippen molar-refractivity contribution >= 4 is 0 Å². The van der Waals surface area contributed by atoms with Gasteiger partial charge in [0, 0.05) is 0 Å². The number of hydrogen-bond acceptors (Lipinski definition) is 0. The summed E-state index contributed by atoms with van der Waals surface area (Å²) in [6, 6.07) is 0. The van der Waals surface area contributed by atoms with Crippen LogP contribution in [0.3, 0.4) is 0 Å². The van der Waals surface area contributed by atoms with Crippen molar-refractivity contribution < 1.29 is 50.7 Å². The van der Waals surface area contributed by atoms with Crippen molar-refractivity contribution in [2.24, 2.45) is 0 Å². The summed E-state index contributed by atoms with van der Waals surface area (Å²) in [5.41, 5.74) is 5.96. The molecule has 0 heterocycles. The Hall–Kier alpha value is 0.410. The van der Waals surface area contributed by atoms with Crippen LogP contribution in [0.2, 0.25) is 0 Å². The number of allylic oxidation sites excluding steroid dienone is 8. The molecule has 0 saturated carbocycles. The molecule has 0 atom stereocenters. The molecule has 0 aromatic rings. The zero-order chi connectivity index (χ0) is 14.8. The standard InChI is InChI=1S/2C10H15.2ClH.Hf/c2*1-3-4-7-10-8-5-6-9(10)2;;;/h2*5H,3-4,6-7H2,1-2H3;2*1H;/q2*-1;;;+4/p-2. The van der Waals surface area contributed by atoms with Crippen LogP contribution >= 0.6 is 0 Å². The van der Waals surface area contributed by atoms with E-state index in [0.717, 1.165) is 12.8 Å². The Morgan fingerprint density at radius 2 is 1.13 bits per heavy atom. The first-order valence-corrected chi connectivity index (χ1v) is 8.22. The van der Waals surface area contributed by atoms with Crippen LogP contribution in [0.5, 0.6) is 0 Å². The molecule has 0 bridgehead atoms. The molecule has 0 aromatic carbocycles. The van der Waals surface area contributed by atoms with Gasteiger partial charge < -0.3 is 24.8 Å². The zero-order valence-electron chi connectivity index (χ0n) is 15.1. The minimum absolute atomic E-state index is 0. The van der Waals surface area contributed by atoms with E-state index < -0.39 is 0 Å². The molecule has 2 aliphatic carbocycles. The van der Waals surface area contributed by atoms with E-state index in [1.807, 2.05) is 0 Å². The fourth-order valence-corrected chi connectivity index (χ4v) is 2.43. The van der Waals surface area contributed by atoms with Crippen LogP contribution in [0.1, 0.15) is 79.1 Å². The topological polar surface area (TPSA) is 0 Å². The van der Waals surface area contributed by atoms with Gasteiger partial charge in [-0.2, -0.15) is 12.2 Å². The second-order valence-electron chi connectivity index (χ2n) is 5.83. The molecular weight excluding hydrogens is 490 g/mol. The molecule has 0 N–H and O–H groups in total. The minimum Gasteiger partial charge on any atom is -1.00 e. The van der Waals surface area contributed by atoms with Crippen LogP contribution in [0.4, 0.5) is 0 Å². The summed E-state index contributed by atoms with van der Waals surface area (Å²) in [5.74, 6) is 0. The van der Waals surface area contributed by atoms with Gasteiger partial charge in [-0.3, -0.25) is 12.2 Å². The van der Waals surface area contributed by atoms with Gasteiger partial charge in [-0.1, -0.05) is 65.2 Å². The monoisotopic (exact) mass is 520 g/mol. The maximum absolute atomic E-state index is 3.30. The van der Waals surface area contributed by atoms with Crippen molar-refractivity contribution in [2.45, 2.75) is 79.1 Å². The summed E-state index contributed by atoms with van der Waals surface area (Å²) in [7, 11) is 0. The molecule has 0 unspecified atom stereocenters. The van der Waals surface area contributed by atoms with Crippen molar-refractivity contribution in [3.05, 3.63) is 46.6 Å². The molecule has 0 radical (unpaired) electrons. The van der Waals surface area contributed by atoms with Crippen molar-refractivity contribution in [2.75, 3.05) is 0 Å². The van der Waals surface area contributed by atoms with Gasteiger partial charge in [0.2, 0.25) is 0 Å².